The number of carboxylic acids is 1. The molecule has 9 nitrogen and oxygen atoms in total. The van der Waals surface area contributed by atoms with E-state index in [2.05, 4.69) is 5.10 Å². The monoisotopic (exact) mass is 535 g/mol. The van der Waals surface area contributed by atoms with Crippen LogP contribution in [-0.4, -0.2) is 42.7 Å². The molecule has 0 aliphatic rings. The van der Waals surface area contributed by atoms with Gasteiger partial charge in [0, 0.05) is 46.2 Å². The highest BCUT2D eigenvalue weighted by molar-refractivity contribution is 7.15. The van der Waals surface area contributed by atoms with Crippen molar-refractivity contribution < 1.29 is 31.9 Å². The van der Waals surface area contributed by atoms with Crippen molar-refractivity contribution in [2.75, 3.05) is 6.54 Å². The van der Waals surface area contributed by atoms with E-state index in [0.717, 1.165) is 20.0 Å². The number of nitrogens with two attached hydrogens (primary N) is 1. The van der Waals surface area contributed by atoms with Gasteiger partial charge in [-0.05, 0) is 32.0 Å². The summed E-state index contributed by atoms with van der Waals surface area (Å²) < 4.78 is 61.5. The zero-order chi connectivity index (χ0) is 27.2. The first-order valence-corrected chi connectivity index (χ1v) is 11.1. The second kappa shape index (κ2) is 11.9. The molecule has 0 saturated carbocycles. The number of hydrogen-bond acceptors (Lipinski definition) is 6. The number of carboxylic acid groups (broad SMARTS) is 1. The number of alkyl halides is 3. The second-order valence-corrected chi connectivity index (χ2v) is 8.42. The molecule has 3 heterocycles. The van der Waals surface area contributed by atoms with Crippen molar-refractivity contribution >= 4 is 17.3 Å². The Morgan fingerprint density at radius 3 is 2.33 bits per heavy atom. The molecule has 0 aliphatic heterocycles. The van der Waals surface area contributed by atoms with Gasteiger partial charge < -0.3 is 15.4 Å². The molecule has 15 heteroatoms. The van der Waals surface area contributed by atoms with Gasteiger partial charge in [-0.3, -0.25) is 9.36 Å². The maximum atomic E-state index is 12.8. The predicted molar refractivity (Wildman–Crippen MR) is 122 cm³/mol. The quantitative estimate of drug-likeness (QED) is 0.448. The van der Waals surface area contributed by atoms with E-state index in [4.69, 9.17) is 15.6 Å². The number of aromatic nitrogens is 4. The molecule has 36 heavy (non-hydrogen) atoms. The summed E-state index contributed by atoms with van der Waals surface area (Å²) in [5.41, 5.74) is 5.39. The van der Waals surface area contributed by atoms with E-state index in [0.29, 0.717) is 12.4 Å². The molecule has 0 saturated heterocycles. The van der Waals surface area contributed by atoms with Gasteiger partial charge in [0.05, 0.1) is 13.1 Å². The normalized spacial score (nSPS) is 11.1. The molecule has 3 N–H and O–H groups in total. The summed E-state index contributed by atoms with van der Waals surface area (Å²) >= 11 is 1.49. The minimum Gasteiger partial charge on any atom is -0.475 e. The largest absolute Gasteiger partial charge is 0.490 e. The Morgan fingerprint density at radius 2 is 1.81 bits per heavy atom. The summed E-state index contributed by atoms with van der Waals surface area (Å²) in [6.07, 6.45) is -5.16. The van der Waals surface area contributed by atoms with Crippen LogP contribution in [-0.2, 0) is 24.4 Å². The zero-order valence-corrected chi connectivity index (χ0v) is 19.9. The summed E-state index contributed by atoms with van der Waals surface area (Å²) in [4.78, 5) is 35.1. The van der Waals surface area contributed by atoms with Crippen LogP contribution in [0, 0.1) is 6.92 Å². The van der Waals surface area contributed by atoms with Crippen LogP contribution in [0.15, 0.2) is 51.7 Å². The molecule has 0 aliphatic carbocycles. The van der Waals surface area contributed by atoms with Crippen LogP contribution in [0.4, 0.5) is 22.0 Å². The number of aryl methyl sites for hydroxylation is 2. The summed E-state index contributed by atoms with van der Waals surface area (Å²) in [5.74, 6) is -2.33. The summed E-state index contributed by atoms with van der Waals surface area (Å²) in [6, 6.07) is 7.13. The number of carbonyl (C=O) groups is 1. The Hall–Kier alpha value is -3.59. The van der Waals surface area contributed by atoms with Crippen LogP contribution in [0.5, 0.6) is 0 Å². The average Bonchev–Trinajstić information content (AvgIpc) is 3.37. The van der Waals surface area contributed by atoms with Gasteiger partial charge in [0.2, 0.25) is 0 Å². The molecule has 0 fully saturated rings. The number of thiophene rings is 1. The molecule has 0 spiro atoms. The van der Waals surface area contributed by atoms with Crippen molar-refractivity contribution in [3.63, 3.8) is 0 Å². The number of pyridine rings is 1. The van der Waals surface area contributed by atoms with Gasteiger partial charge in [-0.15, -0.1) is 11.3 Å². The van der Waals surface area contributed by atoms with Crippen molar-refractivity contribution in [2.45, 2.75) is 39.7 Å². The summed E-state index contributed by atoms with van der Waals surface area (Å²) in [7, 11) is 0. The second-order valence-electron chi connectivity index (χ2n) is 7.25. The Kier molecular flexibility index (Phi) is 9.47. The molecule has 196 valence electrons. The lowest BCUT2D eigenvalue weighted by atomic mass is 10.2. The zero-order valence-electron chi connectivity index (χ0n) is 19.1. The topological polar surface area (TPSA) is 125 Å². The molecule has 0 aromatic carbocycles. The van der Waals surface area contributed by atoms with Crippen molar-refractivity contribution in [3.05, 3.63) is 73.7 Å². The smallest absolute Gasteiger partial charge is 0.475 e. The van der Waals surface area contributed by atoms with Crippen LogP contribution in [0.1, 0.15) is 17.6 Å². The Labute approximate surface area is 204 Å². The van der Waals surface area contributed by atoms with Gasteiger partial charge in [-0.2, -0.15) is 27.1 Å². The Morgan fingerprint density at radius 1 is 1.17 bits per heavy atom. The summed E-state index contributed by atoms with van der Waals surface area (Å²) in [6.45, 7) is 3.74. The molecule has 0 unspecified atom stereocenters. The molecular formula is C21H22F5N5O4S. The SMILES string of the molecule is CCn1cc(-c2ccc(Cn3c(C)nn(CC(CN)=C(F)F)c3=O)s2)ccc1=O.O=C(O)C(F)(F)F. The molecule has 0 bridgehead atoms. The number of hydrogen-bond donors (Lipinski definition) is 2. The molecule has 3 aromatic heterocycles. The Bertz CT molecular complexity index is 1370. The highest BCUT2D eigenvalue weighted by Crippen LogP contribution is 2.28. The van der Waals surface area contributed by atoms with Crippen LogP contribution >= 0.6 is 11.3 Å². The van der Waals surface area contributed by atoms with E-state index >= 15 is 0 Å². The standard InChI is InChI=1S/C19H21F2N5O2S.C2HF3O2/c1-3-24-9-13(4-7-17(24)27)16-6-5-15(29-16)11-25-12(2)23-26(19(25)28)10-14(8-22)18(20)21;3-2(4,5)1(6)7/h4-7,9H,3,8,10-11,22H2,1-2H3;(H,6,7). The fraction of sp³-hybridized carbons (Fsp3) is 0.333. The lowest BCUT2D eigenvalue weighted by Gasteiger charge is -2.04. The molecule has 3 aromatic rings. The molecule has 0 radical (unpaired) electrons. The van der Waals surface area contributed by atoms with E-state index in [1.807, 2.05) is 19.1 Å². The van der Waals surface area contributed by atoms with Gasteiger partial charge in [-0.25, -0.2) is 14.3 Å². The third kappa shape index (κ3) is 7.21. The molecule has 0 atom stereocenters. The third-order valence-electron chi connectivity index (χ3n) is 4.79. The fourth-order valence-corrected chi connectivity index (χ4v) is 3.90. The molecular weight excluding hydrogens is 513 g/mol. The Balaban J connectivity index is 0.000000572. The van der Waals surface area contributed by atoms with Crippen LogP contribution < -0.4 is 17.0 Å². The van der Waals surface area contributed by atoms with Crippen molar-refractivity contribution in [1.29, 1.82) is 0 Å². The van der Waals surface area contributed by atoms with Crippen molar-refractivity contribution in [1.82, 2.24) is 18.9 Å². The maximum Gasteiger partial charge on any atom is 0.490 e. The number of nitrogens with zero attached hydrogens (tertiary/aromatic N) is 4. The first-order valence-electron chi connectivity index (χ1n) is 10.3. The first kappa shape index (κ1) is 28.6. The average molecular weight is 535 g/mol. The molecule has 3 rings (SSSR count). The number of rotatable bonds is 7. The van der Waals surface area contributed by atoms with Gasteiger partial charge in [0.25, 0.3) is 11.6 Å². The predicted octanol–water partition coefficient (Wildman–Crippen LogP) is 3.05. The number of halogens is 5. The lowest BCUT2D eigenvalue weighted by molar-refractivity contribution is -0.192. The van der Waals surface area contributed by atoms with E-state index in [-0.39, 0.29) is 30.8 Å². The van der Waals surface area contributed by atoms with E-state index in [9.17, 15) is 31.5 Å². The third-order valence-corrected chi connectivity index (χ3v) is 5.91. The van der Waals surface area contributed by atoms with Gasteiger partial charge in [-0.1, -0.05) is 0 Å². The van der Waals surface area contributed by atoms with Crippen molar-refractivity contribution in [2.24, 2.45) is 5.73 Å². The van der Waals surface area contributed by atoms with E-state index in [1.165, 1.54) is 22.0 Å². The maximum absolute atomic E-state index is 12.8. The molecule has 0 amide bonds. The van der Waals surface area contributed by atoms with Gasteiger partial charge >= 0.3 is 17.8 Å². The van der Waals surface area contributed by atoms with Crippen LogP contribution in [0.25, 0.3) is 10.4 Å². The summed E-state index contributed by atoms with van der Waals surface area (Å²) in [5, 5.41) is 11.2. The minimum atomic E-state index is -5.08. The van der Waals surface area contributed by atoms with E-state index < -0.39 is 23.9 Å². The highest BCUT2D eigenvalue weighted by atomic mass is 32.1. The van der Waals surface area contributed by atoms with Crippen LogP contribution in [0.2, 0.25) is 0 Å². The highest BCUT2D eigenvalue weighted by Gasteiger charge is 2.38. The van der Waals surface area contributed by atoms with Gasteiger partial charge in [0.1, 0.15) is 5.82 Å². The van der Waals surface area contributed by atoms with E-state index in [1.54, 1.807) is 23.8 Å². The number of aliphatic carboxylic acids is 1. The van der Waals surface area contributed by atoms with Gasteiger partial charge in [0.15, 0.2) is 0 Å². The fourth-order valence-electron chi connectivity index (χ4n) is 2.91. The lowest BCUT2D eigenvalue weighted by Crippen LogP contribution is -2.27. The van der Waals surface area contributed by atoms with Crippen molar-refractivity contribution in [3.8, 4) is 10.4 Å². The minimum absolute atomic E-state index is 0.0572. The first-order chi connectivity index (χ1) is 16.8. The van der Waals surface area contributed by atoms with Crippen LogP contribution in [0.3, 0.4) is 0 Å².